The van der Waals surface area contributed by atoms with Crippen LogP contribution in [-0.2, 0) is 11.3 Å². The van der Waals surface area contributed by atoms with Crippen LogP contribution in [0.2, 0.25) is 0 Å². The lowest BCUT2D eigenvalue weighted by atomic mass is 9.76. The maximum Gasteiger partial charge on any atom is 0.123 e. The predicted molar refractivity (Wildman–Crippen MR) is 118 cm³/mol. The fourth-order valence-corrected chi connectivity index (χ4v) is 5.56. The Morgan fingerprint density at radius 1 is 1.04 bits per heavy atom. The number of rotatable bonds is 4. The van der Waals surface area contributed by atoms with Crippen molar-refractivity contribution < 1.29 is 9.47 Å². The quantitative estimate of drug-likeness (QED) is 0.565. The molecule has 4 rings (SSSR count). The van der Waals surface area contributed by atoms with Gasteiger partial charge in [0.2, 0.25) is 0 Å². The van der Waals surface area contributed by atoms with Crippen molar-refractivity contribution in [2.45, 2.75) is 31.5 Å². The van der Waals surface area contributed by atoms with E-state index in [4.69, 9.17) is 9.47 Å². The summed E-state index contributed by atoms with van der Waals surface area (Å²) in [6, 6.07) is 14.7. The molecule has 0 spiro atoms. The highest BCUT2D eigenvalue weighted by Crippen LogP contribution is 2.42. The fraction of sp³-hybridized carbons (Fsp3) is 0.429. The number of nitrogens with one attached hydrogen (secondary N) is 1. The van der Waals surface area contributed by atoms with Gasteiger partial charge in [0.15, 0.2) is 0 Å². The molecule has 2 heterocycles. The maximum atomic E-state index is 6.41. The standard InChI is InChI=1S/C21H23Br2NO2.ClH/c22-16-9-14(10-17(23)11-16)12-25-20-13-26-19-4-2-1-3-18(19)21(20)15-5-7-24-8-6-15;/h1-4,9-11,15,20-21,24H,5-8,12-13H2;1H. The summed E-state index contributed by atoms with van der Waals surface area (Å²) in [5.41, 5.74) is 2.47. The molecule has 27 heavy (non-hydrogen) atoms. The van der Waals surface area contributed by atoms with E-state index in [-0.39, 0.29) is 18.5 Å². The average molecular weight is 518 g/mol. The van der Waals surface area contributed by atoms with Crippen molar-refractivity contribution in [1.29, 1.82) is 0 Å². The van der Waals surface area contributed by atoms with Crippen molar-refractivity contribution in [3.63, 3.8) is 0 Å². The van der Waals surface area contributed by atoms with Crippen LogP contribution in [0.3, 0.4) is 0 Å². The fourth-order valence-electron chi connectivity index (χ4n) is 4.17. The molecule has 2 atom stereocenters. The predicted octanol–water partition coefficient (Wildman–Crippen LogP) is 5.69. The molecule has 0 radical (unpaired) electrons. The molecule has 2 aromatic carbocycles. The van der Waals surface area contributed by atoms with Crippen LogP contribution in [-0.4, -0.2) is 25.8 Å². The normalized spacial score (nSPS) is 22.4. The first-order chi connectivity index (χ1) is 12.7. The van der Waals surface area contributed by atoms with Crippen molar-refractivity contribution in [3.8, 4) is 5.75 Å². The molecule has 0 aliphatic carbocycles. The van der Waals surface area contributed by atoms with Gasteiger partial charge in [-0.2, -0.15) is 0 Å². The first-order valence-corrected chi connectivity index (χ1v) is 10.8. The zero-order chi connectivity index (χ0) is 17.9. The van der Waals surface area contributed by atoms with Gasteiger partial charge in [-0.15, -0.1) is 12.4 Å². The first-order valence-electron chi connectivity index (χ1n) is 9.20. The Bertz CT molecular complexity index is 747. The second-order valence-electron chi connectivity index (χ2n) is 7.09. The molecule has 2 aromatic rings. The molecule has 2 unspecified atom stereocenters. The molecule has 2 aliphatic rings. The molecule has 146 valence electrons. The zero-order valence-electron chi connectivity index (χ0n) is 15.0. The Labute approximate surface area is 183 Å². The summed E-state index contributed by atoms with van der Waals surface area (Å²) in [5.74, 6) is 2.07. The highest BCUT2D eigenvalue weighted by atomic mass is 79.9. The number of piperidine rings is 1. The van der Waals surface area contributed by atoms with Gasteiger partial charge in [0.25, 0.3) is 0 Å². The van der Waals surface area contributed by atoms with Crippen molar-refractivity contribution in [1.82, 2.24) is 5.32 Å². The molecule has 1 N–H and O–H groups in total. The molecule has 1 saturated heterocycles. The molecule has 0 bridgehead atoms. The van der Waals surface area contributed by atoms with E-state index in [0.29, 0.717) is 25.0 Å². The van der Waals surface area contributed by atoms with Crippen LogP contribution in [0.25, 0.3) is 0 Å². The molecule has 3 nitrogen and oxygen atoms in total. The Balaban J connectivity index is 0.00000210. The third kappa shape index (κ3) is 5.07. The maximum absolute atomic E-state index is 6.41. The Morgan fingerprint density at radius 3 is 2.48 bits per heavy atom. The Morgan fingerprint density at radius 2 is 1.74 bits per heavy atom. The van der Waals surface area contributed by atoms with Gasteiger partial charge >= 0.3 is 0 Å². The first kappa shape index (κ1) is 21.1. The summed E-state index contributed by atoms with van der Waals surface area (Å²) in [7, 11) is 0. The van der Waals surface area contributed by atoms with Crippen LogP contribution in [0.4, 0.5) is 0 Å². The topological polar surface area (TPSA) is 30.5 Å². The Hall–Kier alpha value is -0.590. The molecule has 1 fully saturated rings. The number of halogens is 3. The van der Waals surface area contributed by atoms with Gasteiger partial charge in [0, 0.05) is 20.4 Å². The van der Waals surface area contributed by atoms with Crippen LogP contribution < -0.4 is 10.1 Å². The van der Waals surface area contributed by atoms with Crippen LogP contribution in [0.15, 0.2) is 51.4 Å². The summed E-state index contributed by atoms with van der Waals surface area (Å²) in [6.45, 7) is 3.40. The second kappa shape index (κ2) is 9.75. The largest absolute Gasteiger partial charge is 0.491 e. The van der Waals surface area contributed by atoms with Gasteiger partial charge in [-0.1, -0.05) is 50.1 Å². The van der Waals surface area contributed by atoms with Crippen LogP contribution in [0.1, 0.15) is 29.9 Å². The second-order valence-corrected chi connectivity index (χ2v) is 8.92. The molecule has 2 aliphatic heterocycles. The lowest BCUT2D eigenvalue weighted by Crippen LogP contribution is -2.41. The van der Waals surface area contributed by atoms with Crippen molar-refractivity contribution in [2.75, 3.05) is 19.7 Å². The summed E-state index contributed by atoms with van der Waals surface area (Å²) >= 11 is 7.12. The van der Waals surface area contributed by atoms with E-state index in [0.717, 1.165) is 33.3 Å². The van der Waals surface area contributed by atoms with Gasteiger partial charge in [-0.3, -0.25) is 0 Å². The molecule has 0 saturated carbocycles. The minimum absolute atomic E-state index is 0. The van der Waals surface area contributed by atoms with Crippen LogP contribution >= 0.6 is 44.3 Å². The molecular formula is C21H24Br2ClNO2. The van der Waals surface area contributed by atoms with Gasteiger partial charge in [-0.05, 0) is 61.7 Å². The van der Waals surface area contributed by atoms with Crippen LogP contribution in [0, 0.1) is 5.92 Å². The minimum Gasteiger partial charge on any atom is -0.491 e. The Kier molecular flexibility index (Phi) is 7.63. The lowest BCUT2D eigenvalue weighted by molar-refractivity contribution is -0.0334. The highest BCUT2D eigenvalue weighted by molar-refractivity contribution is 9.11. The van der Waals surface area contributed by atoms with E-state index < -0.39 is 0 Å². The summed E-state index contributed by atoms with van der Waals surface area (Å²) in [5, 5.41) is 3.48. The number of para-hydroxylation sites is 1. The van der Waals surface area contributed by atoms with E-state index in [9.17, 15) is 0 Å². The van der Waals surface area contributed by atoms with E-state index in [1.54, 1.807) is 0 Å². The number of ether oxygens (including phenoxy) is 2. The third-order valence-electron chi connectivity index (χ3n) is 5.36. The SMILES string of the molecule is Brc1cc(Br)cc(COC2COc3ccccc3C2C2CCNCC2)c1.Cl. The van der Waals surface area contributed by atoms with Crippen molar-refractivity contribution in [3.05, 3.63) is 62.5 Å². The smallest absolute Gasteiger partial charge is 0.123 e. The molecule has 0 amide bonds. The van der Waals surface area contributed by atoms with Gasteiger partial charge in [-0.25, -0.2) is 0 Å². The van der Waals surface area contributed by atoms with Gasteiger partial charge in [0.1, 0.15) is 12.4 Å². The lowest BCUT2D eigenvalue weighted by Gasteiger charge is -2.40. The zero-order valence-corrected chi connectivity index (χ0v) is 19.0. The molecular weight excluding hydrogens is 493 g/mol. The van der Waals surface area contributed by atoms with Crippen LogP contribution in [0.5, 0.6) is 5.75 Å². The van der Waals surface area contributed by atoms with Crippen molar-refractivity contribution >= 4 is 44.3 Å². The number of hydrogen-bond donors (Lipinski definition) is 1. The van der Waals surface area contributed by atoms with E-state index in [2.05, 4.69) is 73.6 Å². The average Bonchev–Trinajstić information content (AvgIpc) is 2.66. The summed E-state index contributed by atoms with van der Waals surface area (Å²) in [4.78, 5) is 0. The monoisotopic (exact) mass is 515 g/mol. The summed E-state index contributed by atoms with van der Waals surface area (Å²) in [6.07, 6.45) is 2.48. The number of benzene rings is 2. The van der Waals surface area contributed by atoms with E-state index in [1.165, 1.54) is 18.4 Å². The third-order valence-corrected chi connectivity index (χ3v) is 6.28. The van der Waals surface area contributed by atoms with Gasteiger partial charge < -0.3 is 14.8 Å². The van der Waals surface area contributed by atoms with E-state index >= 15 is 0 Å². The number of fused-ring (bicyclic) bond motifs is 1. The molecule has 6 heteroatoms. The molecule has 0 aromatic heterocycles. The van der Waals surface area contributed by atoms with Gasteiger partial charge in [0.05, 0.1) is 12.7 Å². The van der Waals surface area contributed by atoms with E-state index in [1.807, 2.05) is 6.07 Å². The summed E-state index contributed by atoms with van der Waals surface area (Å²) < 4.78 is 14.6. The highest BCUT2D eigenvalue weighted by Gasteiger charge is 2.37. The minimum atomic E-state index is 0. The number of hydrogen-bond acceptors (Lipinski definition) is 3. The van der Waals surface area contributed by atoms with Crippen molar-refractivity contribution in [2.24, 2.45) is 5.92 Å².